The number of aryl methyl sites for hydroxylation is 2. The van der Waals surface area contributed by atoms with Gasteiger partial charge in [-0.3, -0.25) is 4.79 Å². The van der Waals surface area contributed by atoms with Gasteiger partial charge in [0.1, 0.15) is 0 Å². The van der Waals surface area contributed by atoms with E-state index in [9.17, 15) is 4.79 Å². The van der Waals surface area contributed by atoms with Crippen LogP contribution in [0.1, 0.15) is 29.3 Å². The number of halogens is 1. The summed E-state index contributed by atoms with van der Waals surface area (Å²) in [7, 11) is 1.66. The van der Waals surface area contributed by atoms with E-state index < -0.39 is 0 Å². The number of fused-ring (bicyclic) bond motifs is 3. The number of aromatic nitrogens is 3. The number of nitrogens with zero attached hydrogens (tertiary/aromatic N) is 3. The lowest BCUT2D eigenvalue weighted by atomic mass is 9.96. The van der Waals surface area contributed by atoms with E-state index in [1.165, 1.54) is 5.56 Å². The Kier molecular flexibility index (Phi) is 5.17. The predicted octanol–water partition coefficient (Wildman–Crippen LogP) is 3.86. The van der Waals surface area contributed by atoms with Gasteiger partial charge in [0.05, 0.1) is 23.9 Å². The van der Waals surface area contributed by atoms with Gasteiger partial charge in [0.2, 0.25) is 5.91 Å². The third-order valence-corrected chi connectivity index (χ3v) is 5.58. The van der Waals surface area contributed by atoms with Gasteiger partial charge in [0.25, 0.3) is 0 Å². The third-order valence-electron chi connectivity index (χ3n) is 5.09. The molecule has 3 aromatic rings. The summed E-state index contributed by atoms with van der Waals surface area (Å²) in [5.41, 5.74) is 6.39. The van der Waals surface area contributed by atoms with Crippen molar-refractivity contribution in [3.8, 4) is 11.3 Å². The molecule has 144 valence electrons. The monoisotopic (exact) mass is 439 g/mol. The minimum Gasteiger partial charge on any atom is -0.378 e. The number of rotatable bonds is 4. The molecule has 0 saturated heterocycles. The second-order valence-electron chi connectivity index (χ2n) is 7.01. The van der Waals surface area contributed by atoms with E-state index in [0.29, 0.717) is 6.42 Å². The van der Waals surface area contributed by atoms with Crippen molar-refractivity contribution in [2.24, 2.45) is 0 Å². The highest BCUT2D eigenvalue weighted by molar-refractivity contribution is 9.10. The summed E-state index contributed by atoms with van der Waals surface area (Å²) in [5, 5.41) is 14.9. The van der Waals surface area contributed by atoms with E-state index in [1.54, 1.807) is 7.05 Å². The Morgan fingerprint density at radius 3 is 2.96 bits per heavy atom. The number of anilines is 1. The number of benzene rings is 2. The molecule has 1 amide bonds. The number of likely N-dealkylation sites (N-methyl/N-ethyl adjacent to an activating group) is 1. The maximum Gasteiger partial charge on any atom is 0.224 e. The zero-order chi connectivity index (χ0) is 19.7. The van der Waals surface area contributed by atoms with Gasteiger partial charge in [-0.2, -0.15) is 0 Å². The molecule has 6 nitrogen and oxygen atoms in total. The Labute approximate surface area is 172 Å². The summed E-state index contributed by atoms with van der Waals surface area (Å²) in [6.45, 7) is 2.79. The molecule has 1 aliphatic rings. The fourth-order valence-electron chi connectivity index (χ4n) is 3.73. The van der Waals surface area contributed by atoms with Crippen LogP contribution in [0.15, 0.2) is 46.9 Å². The third kappa shape index (κ3) is 3.67. The molecule has 28 heavy (non-hydrogen) atoms. The van der Waals surface area contributed by atoms with Crippen molar-refractivity contribution in [2.75, 3.05) is 12.4 Å². The number of carbonyl (C=O) groups excluding carboxylic acids is 1. The summed E-state index contributed by atoms with van der Waals surface area (Å²) in [4.78, 5) is 11.7. The lowest BCUT2D eigenvalue weighted by Gasteiger charge is -2.21. The van der Waals surface area contributed by atoms with E-state index in [-0.39, 0.29) is 11.9 Å². The first-order valence-corrected chi connectivity index (χ1v) is 10.1. The molecule has 0 bridgehead atoms. The number of carbonyl (C=O) groups is 1. The molecule has 2 heterocycles. The lowest BCUT2D eigenvalue weighted by Crippen LogP contribution is -2.20. The molecule has 2 N–H and O–H groups in total. The maximum atomic E-state index is 11.7. The topological polar surface area (TPSA) is 71.8 Å². The van der Waals surface area contributed by atoms with E-state index in [0.717, 1.165) is 45.6 Å². The van der Waals surface area contributed by atoms with Gasteiger partial charge in [-0.05, 0) is 48.7 Å². The molecule has 0 saturated carbocycles. The van der Waals surface area contributed by atoms with Gasteiger partial charge in [0.15, 0.2) is 0 Å². The van der Waals surface area contributed by atoms with Gasteiger partial charge in [-0.15, -0.1) is 5.10 Å². The van der Waals surface area contributed by atoms with Gasteiger partial charge in [0, 0.05) is 29.3 Å². The second kappa shape index (κ2) is 7.75. The summed E-state index contributed by atoms with van der Waals surface area (Å²) in [5.74, 6) is 0.00860. The second-order valence-corrected chi connectivity index (χ2v) is 7.93. The van der Waals surface area contributed by atoms with Crippen molar-refractivity contribution in [1.29, 1.82) is 0 Å². The Morgan fingerprint density at radius 2 is 2.14 bits per heavy atom. The standard InChI is InChI=1S/C21H22BrN5O/c1-13-21-17-7-6-15(22)12-18(17)19(8-9-27(21)26-25-13)24-16-5-3-4-14(10-16)11-20(28)23-2/h3-7,10,12,19,24H,8-9,11H2,1-2H3,(H,23,28). The van der Waals surface area contributed by atoms with Gasteiger partial charge in [-0.1, -0.05) is 39.3 Å². The van der Waals surface area contributed by atoms with Crippen LogP contribution >= 0.6 is 15.9 Å². The molecular weight excluding hydrogens is 418 g/mol. The smallest absolute Gasteiger partial charge is 0.224 e. The van der Waals surface area contributed by atoms with Crippen LogP contribution in [0.3, 0.4) is 0 Å². The van der Waals surface area contributed by atoms with Crippen molar-refractivity contribution >= 4 is 27.5 Å². The van der Waals surface area contributed by atoms with Crippen LogP contribution in [0.25, 0.3) is 11.3 Å². The highest BCUT2D eigenvalue weighted by atomic mass is 79.9. The molecule has 1 aromatic heterocycles. The summed E-state index contributed by atoms with van der Waals surface area (Å²) >= 11 is 3.61. The molecule has 0 spiro atoms. The van der Waals surface area contributed by atoms with Crippen LogP contribution in [0.5, 0.6) is 0 Å². The Balaban J connectivity index is 1.68. The first kappa shape index (κ1) is 18.7. The molecule has 1 atom stereocenters. The average molecular weight is 440 g/mol. The van der Waals surface area contributed by atoms with Crippen LogP contribution in [-0.2, 0) is 17.8 Å². The maximum absolute atomic E-state index is 11.7. The fraction of sp³-hybridized carbons (Fsp3) is 0.286. The van der Waals surface area contributed by atoms with Gasteiger partial charge in [-0.25, -0.2) is 4.68 Å². The SMILES string of the molecule is CNC(=O)Cc1cccc(NC2CCn3nnc(C)c3-c3ccc(Br)cc32)c1. The number of hydrogen-bond donors (Lipinski definition) is 2. The molecule has 0 aliphatic carbocycles. The van der Waals surface area contributed by atoms with Crippen LogP contribution in [0.2, 0.25) is 0 Å². The van der Waals surface area contributed by atoms with Crippen LogP contribution in [-0.4, -0.2) is 27.9 Å². The number of nitrogens with one attached hydrogen (secondary N) is 2. The predicted molar refractivity (Wildman–Crippen MR) is 113 cm³/mol. The summed E-state index contributed by atoms with van der Waals surface area (Å²) < 4.78 is 3.04. The Morgan fingerprint density at radius 1 is 1.29 bits per heavy atom. The first-order valence-electron chi connectivity index (χ1n) is 9.31. The number of amides is 1. The highest BCUT2D eigenvalue weighted by Gasteiger charge is 2.25. The van der Waals surface area contributed by atoms with Crippen molar-refractivity contribution in [1.82, 2.24) is 20.3 Å². The summed E-state index contributed by atoms with van der Waals surface area (Å²) in [6, 6.07) is 14.5. The zero-order valence-electron chi connectivity index (χ0n) is 15.9. The molecule has 4 rings (SSSR count). The van der Waals surface area contributed by atoms with E-state index in [2.05, 4.69) is 55.1 Å². The molecule has 7 heteroatoms. The Bertz CT molecular complexity index is 1030. The lowest BCUT2D eigenvalue weighted by molar-refractivity contribution is -0.119. The Hall–Kier alpha value is -2.67. The summed E-state index contributed by atoms with van der Waals surface area (Å²) in [6.07, 6.45) is 1.26. The minimum atomic E-state index is 0.00860. The number of hydrogen-bond acceptors (Lipinski definition) is 4. The molecular formula is C21H22BrN5O. The first-order chi connectivity index (χ1) is 13.5. The van der Waals surface area contributed by atoms with Crippen molar-refractivity contribution in [3.05, 3.63) is 63.8 Å². The van der Waals surface area contributed by atoms with E-state index in [4.69, 9.17) is 0 Å². The molecule has 0 radical (unpaired) electrons. The average Bonchev–Trinajstić information content (AvgIpc) is 2.98. The van der Waals surface area contributed by atoms with Crippen molar-refractivity contribution in [3.63, 3.8) is 0 Å². The fourth-order valence-corrected chi connectivity index (χ4v) is 4.11. The van der Waals surface area contributed by atoms with Crippen LogP contribution < -0.4 is 10.6 Å². The van der Waals surface area contributed by atoms with Crippen LogP contribution in [0, 0.1) is 6.92 Å². The van der Waals surface area contributed by atoms with Crippen molar-refractivity contribution in [2.45, 2.75) is 32.4 Å². The zero-order valence-corrected chi connectivity index (χ0v) is 17.5. The quantitative estimate of drug-likeness (QED) is 0.647. The normalized spacial score (nSPS) is 15.3. The molecule has 2 aromatic carbocycles. The highest BCUT2D eigenvalue weighted by Crippen LogP contribution is 2.38. The molecule has 1 aliphatic heterocycles. The van der Waals surface area contributed by atoms with Crippen LogP contribution in [0.4, 0.5) is 5.69 Å². The van der Waals surface area contributed by atoms with Gasteiger partial charge < -0.3 is 10.6 Å². The minimum absolute atomic E-state index is 0.00860. The van der Waals surface area contributed by atoms with E-state index in [1.807, 2.05) is 35.9 Å². The molecule has 0 fully saturated rings. The van der Waals surface area contributed by atoms with E-state index >= 15 is 0 Å². The molecule has 1 unspecified atom stereocenters. The van der Waals surface area contributed by atoms with Crippen molar-refractivity contribution < 1.29 is 4.79 Å². The van der Waals surface area contributed by atoms with Gasteiger partial charge >= 0.3 is 0 Å². The largest absolute Gasteiger partial charge is 0.378 e.